The van der Waals surface area contributed by atoms with Gasteiger partial charge in [0.15, 0.2) is 11.5 Å². The molecule has 2 aliphatic rings. The Morgan fingerprint density at radius 1 is 1.00 bits per heavy atom. The summed E-state index contributed by atoms with van der Waals surface area (Å²) in [4.78, 5) is 31.0. The molecule has 0 saturated heterocycles. The van der Waals surface area contributed by atoms with Gasteiger partial charge >= 0.3 is 0 Å². The van der Waals surface area contributed by atoms with Gasteiger partial charge in [0, 0.05) is 35.6 Å². The molecule has 0 aliphatic carbocycles. The molecule has 0 spiro atoms. The Morgan fingerprint density at radius 3 is 2.47 bits per heavy atom. The molecular formula is C27H28N2O4S. The van der Waals surface area contributed by atoms with Crippen molar-refractivity contribution < 1.29 is 19.1 Å². The Balaban J connectivity index is 1.53. The quantitative estimate of drug-likeness (QED) is 0.528. The summed E-state index contributed by atoms with van der Waals surface area (Å²) in [7, 11) is 3.27. The molecular weight excluding hydrogens is 448 g/mol. The highest BCUT2D eigenvalue weighted by atomic mass is 32.1. The third-order valence-electron chi connectivity index (χ3n) is 6.77. The summed E-state index contributed by atoms with van der Waals surface area (Å²) in [6, 6.07) is 13.7. The Hall–Kier alpha value is -3.32. The van der Waals surface area contributed by atoms with E-state index in [2.05, 4.69) is 6.07 Å². The number of carbonyl (C=O) groups excluding carboxylic acids is 2. The normalized spacial score (nSPS) is 16.7. The van der Waals surface area contributed by atoms with E-state index in [4.69, 9.17) is 9.47 Å². The van der Waals surface area contributed by atoms with Crippen molar-refractivity contribution in [1.29, 1.82) is 0 Å². The number of nitrogens with zero attached hydrogens (tertiary/aromatic N) is 2. The van der Waals surface area contributed by atoms with E-state index in [0.29, 0.717) is 36.6 Å². The molecule has 0 radical (unpaired) electrons. The van der Waals surface area contributed by atoms with Crippen LogP contribution in [0.4, 0.5) is 5.69 Å². The van der Waals surface area contributed by atoms with Gasteiger partial charge in [0.05, 0.1) is 20.3 Å². The van der Waals surface area contributed by atoms with Gasteiger partial charge in [-0.1, -0.05) is 13.0 Å². The number of ether oxygens (including phenoxy) is 2. The van der Waals surface area contributed by atoms with E-state index in [-0.39, 0.29) is 17.9 Å². The van der Waals surface area contributed by atoms with Crippen LogP contribution in [0.3, 0.4) is 0 Å². The second-order valence-corrected chi connectivity index (χ2v) is 9.54. The lowest BCUT2D eigenvalue weighted by molar-refractivity contribution is -0.118. The first-order valence-corrected chi connectivity index (χ1v) is 12.5. The fraction of sp³-hybridized carbons (Fsp3) is 0.333. The fourth-order valence-electron chi connectivity index (χ4n) is 5.07. The van der Waals surface area contributed by atoms with Crippen molar-refractivity contribution in [2.24, 2.45) is 0 Å². The number of amides is 2. The summed E-state index contributed by atoms with van der Waals surface area (Å²) in [6.45, 7) is 3.17. The van der Waals surface area contributed by atoms with Gasteiger partial charge in [-0.05, 0) is 71.3 Å². The molecule has 5 rings (SSSR count). The van der Waals surface area contributed by atoms with Crippen molar-refractivity contribution in [3.8, 4) is 11.5 Å². The zero-order valence-corrected chi connectivity index (χ0v) is 20.5. The van der Waals surface area contributed by atoms with Gasteiger partial charge in [-0.2, -0.15) is 0 Å². The SMILES string of the molecule is CCC(=O)N1CCc2cc(C(=O)N3CCc4cc(OC)c(OC)cc4C3c3cccs3)ccc21. The van der Waals surface area contributed by atoms with Crippen LogP contribution in [-0.4, -0.2) is 44.0 Å². The molecule has 3 aromatic rings. The summed E-state index contributed by atoms with van der Waals surface area (Å²) in [6.07, 6.45) is 1.99. The van der Waals surface area contributed by atoms with Crippen LogP contribution < -0.4 is 14.4 Å². The zero-order valence-electron chi connectivity index (χ0n) is 19.7. The number of methoxy groups -OCH3 is 2. The van der Waals surface area contributed by atoms with Crippen LogP contribution in [0.15, 0.2) is 47.8 Å². The van der Waals surface area contributed by atoms with Crippen LogP contribution in [-0.2, 0) is 17.6 Å². The smallest absolute Gasteiger partial charge is 0.254 e. The standard InChI is InChI=1S/C27H28N2O4S/c1-4-25(30)28-11-10-18-14-19(7-8-21(18)28)27(31)29-12-9-17-15-22(32-2)23(33-3)16-20(17)26(29)24-6-5-13-34-24/h5-8,13-16,26H,4,9-12H2,1-3H3. The molecule has 0 saturated carbocycles. The monoisotopic (exact) mass is 476 g/mol. The predicted octanol–water partition coefficient (Wildman–Crippen LogP) is 4.85. The number of thiophene rings is 1. The van der Waals surface area contributed by atoms with Crippen molar-refractivity contribution in [3.05, 3.63) is 75.0 Å². The molecule has 1 unspecified atom stereocenters. The second kappa shape index (κ2) is 9.14. The van der Waals surface area contributed by atoms with Gasteiger partial charge in [0.25, 0.3) is 5.91 Å². The van der Waals surface area contributed by atoms with Gasteiger partial charge < -0.3 is 19.3 Å². The Kier molecular flexibility index (Phi) is 6.04. The highest BCUT2D eigenvalue weighted by Gasteiger charge is 2.35. The number of benzene rings is 2. The van der Waals surface area contributed by atoms with Crippen molar-refractivity contribution in [3.63, 3.8) is 0 Å². The maximum absolute atomic E-state index is 13.9. The average molecular weight is 477 g/mol. The minimum atomic E-state index is -0.192. The highest BCUT2D eigenvalue weighted by molar-refractivity contribution is 7.10. The summed E-state index contributed by atoms with van der Waals surface area (Å²) in [5.41, 5.74) is 4.89. The molecule has 7 heteroatoms. The summed E-state index contributed by atoms with van der Waals surface area (Å²) >= 11 is 1.65. The third kappa shape index (κ3) is 3.74. The number of rotatable bonds is 5. The van der Waals surface area contributed by atoms with E-state index >= 15 is 0 Å². The topological polar surface area (TPSA) is 59.1 Å². The van der Waals surface area contributed by atoms with Gasteiger partial charge in [-0.3, -0.25) is 9.59 Å². The van der Waals surface area contributed by atoms with Crippen molar-refractivity contribution in [1.82, 2.24) is 4.90 Å². The van der Waals surface area contributed by atoms with Crippen LogP contribution >= 0.6 is 11.3 Å². The van der Waals surface area contributed by atoms with Crippen molar-refractivity contribution in [2.75, 3.05) is 32.2 Å². The highest BCUT2D eigenvalue weighted by Crippen LogP contribution is 2.43. The van der Waals surface area contributed by atoms with Crippen LogP contribution in [0.2, 0.25) is 0 Å². The third-order valence-corrected chi connectivity index (χ3v) is 7.70. The lowest BCUT2D eigenvalue weighted by Crippen LogP contribution is -2.40. The lowest BCUT2D eigenvalue weighted by atomic mass is 9.90. The number of hydrogen-bond donors (Lipinski definition) is 0. The molecule has 2 amide bonds. The van der Waals surface area contributed by atoms with Gasteiger partial charge in [0.2, 0.25) is 5.91 Å². The zero-order chi connectivity index (χ0) is 23.8. The Labute approximate surface area is 203 Å². The first kappa shape index (κ1) is 22.5. The van der Waals surface area contributed by atoms with E-state index in [9.17, 15) is 9.59 Å². The average Bonchev–Trinajstić information content (AvgIpc) is 3.56. The van der Waals surface area contributed by atoms with E-state index in [0.717, 1.165) is 34.5 Å². The van der Waals surface area contributed by atoms with E-state index < -0.39 is 0 Å². The van der Waals surface area contributed by atoms with Crippen LogP contribution in [0.25, 0.3) is 0 Å². The minimum absolute atomic E-state index is 0.00176. The van der Waals surface area contributed by atoms with Crippen LogP contribution in [0, 0.1) is 0 Å². The largest absolute Gasteiger partial charge is 0.493 e. The fourth-order valence-corrected chi connectivity index (χ4v) is 5.92. The summed E-state index contributed by atoms with van der Waals surface area (Å²) < 4.78 is 11.1. The molecule has 1 aromatic heterocycles. The molecule has 34 heavy (non-hydrogen) atoms. The first-order valence-electron chi connectivity index (χ1n) is 11.6. The number of hydrogen-bond acceptors (Lipinski definition) is 5. The van der Waals surface area contributed by atoms with Gasteiger partial charge in [0.1, 0.15) is 0 Å². The predicted molar refractivity (Wildman–Crippen MR) is 133 cm³/mol. The minimum Gasteiger partial charge on any atom is -0.493 e. The molecule has 1 atom stereocenters. The molecule has 176 valence electrons. The van der Waals surface area contributed by atoms with Crippen molar-refractivity contribution >= 4 is 28.8 Å². The molecule has 3 heterocycles. The lowest BCUT2D eigenvalue weighted by Gasteiger charge is -2.37. The van der Waals surface area contributed by atoms with E-state index in [1.807, 2.05) is 58.5 Å². The Morgan fingerprint density at radius 2 is 1.76 bits per heavy atom. The van der Waals surface area contributed by atoms with Gasteiger partial charge in [-0.25, -0.2) is 0 Å². The molecule has 6 nitrogen and oxygen atoms in total. The number of fused-ring (bicyclic) bond motifs is 2. The number of anilines is 1. The van der Waals surface area contributed by atoms with Crippen molar-refractivity contribution in [2.45, 2.75) is 32.2 Å². The summed E-state index contributed by atoms with van der Waals surface area (Å²) in [5.74, 6) is 1.49. The molecule has 0 N–H and O–H groups in total. The van der Waals surface area contributed by atoms with Gasteiger partial charge in [-0.15, -0.1) is 11.3 Å². The number of carbonyl (C=O) groups is 2. The Bertz CT molecular complexity index is 1240. The maximum atomic E-state index is 13.9. The second-order valence-electron chi connectivity index (χ2n) is 8.56. The summed E-state index contributed by atoms with van der Waals surface area (Å²) in [5, 5.41) is 2.04. The van der Waals surface area contributed by atoms with E-state index in [1.54, 1.807) is 25.6 Å². The molecule has 0 fully saturated rings. The molecule has 2 aromatic carbocycles. The molecule has 0 bridgehead atoms. The molecule has 2 aliphatic heterocycles. The van der Waals surface area contributed by atoms with Crippen LogP contribution in [0.1, 0.15) is 51.3 Å². The van der Waals surface area contributed by atoms with E-state index in [1.165, 1.54) is 5.56 Å². The maximum Gasteiger partial charge on any atom is 0.254 e. The van der Waals surface area contributed by atoms with Crippen LogP contribution in [0.5, 0.6) is 11.5 Å². The first-order chi connectivity index (χ1) is 16.5.